The normalized spacial score (nSPS) is 29.1. The third-order valence-corrected chi connectivity index (χ3v) is 4.65. The Labute approximate surface area is 119 Å². The molecular weight excluding hydrogens is 254 g/mol. The second-order valence-corrected chi connectivity index (χ2v) is 5.87. The van der Waals surface area contributed by atoms with Crippen LogP contribution in [0.4, 0.5) is 0 Å². The zero-order valence-corrected chi connectivity index (χ0v) is 12.1. The van der Waals surface area contributed by atoms with Crippen LogP contribution < -0.4 is 4.74 Å². The second-order valence-electron chi connectivity index (χ2n) is 5.87. The predicted molar refractivity (Wildman–Crippen MR) is 74.6 cm³/mol. The number of hydrogen-bond acceptors (Lipinski definition) is 4. The van der Waals surface area contributed by atoms with Crippen LogP contribution in [0.1, 0.15) is 49.5 Å². The first kappa shape index (κ1) is 13.3. The molecule has 1 amide bonds. The molecule has 0 aromatic carbocycles. The van der Waals surface area contributed by atoms with Gasteiger partial charge in [0.25, 0.3) is 5.91 Å². The topological polar surface area (TPSA) is 55.3 Å². The fraction of sp³-hybridized carbons (Fsp3) is 0.667. The molecule has 1 aliphatic carbocycles. The van der Waals surface area contributed by atoms with E-state index in [4.69, 9.17) is 4.74 Å². The Hall–Kier alpha value is -1.65. The van der Waals surface area contributed by atoms with Crippen LogP contribution >= 0.6 is 0 Å². The first-order chi connectivity index (χ1) is 9.70. The summed E-state index contributed by atoms with van der Waals surface area (Å²) in [5.41, 5.74) is 0.420. The number of methoxy groups -OCH3 is 1. The molecule has 2 heterocycles. The molecule has 1 aromatic heterocycles. The fourth-order valence-corrected chi connectivity index (χ4v) is 3.73. The third kappa shape index (κ3) is 2.25. The van der Waals surface area contributed by atoms with Crippen molar-refractivity contribution in [1.82, 2.24) is 15.1 Å². The van der Waals surface area contributed by atoms with Gasteiger partial charge in [-0.2, -0.15) is 0 Å². The van der Waals surface area contributed by atoms with E-state index in [1.165, 1.54) is 19.3 Å². The summed E-state index contributed by atoms with van der Waals surface area (Å²) in [5.74, 6) is 1.13. The lowest BCUT2D eigenvalue weighted by Crippen LogP contribution is -2.42. The number of fused-ring (bicyclic) bond motifs is 1. The Balaban J connectivity index is 1.81. The summed E-state index contributed by atoms with van der Waals surface area (Å²) in [5, 5.41) is 7.90. The number of ether oxygens (including phenoxy) is 1. The second kappa shape index (κ2) is 5.38. The lowest BCUT2D eigenvalue weighted by Gasteiger charge is -2.32. The van der Waals surface area contributed by atoms with Crippen molar-refractivity contribution in [2.45, 2.75) is 51.1 Å². The van der Waals surface area contributed by atoms with Crippen LogP contribution in [0.25, 0.3) is 0 Å². The van der Waals surface area contributed by atoms with Crippen molar-refractivity contribution in [2.75, 3.05) is 7.11 Å². The molecule has 0 N–H and O–H groups in total. The zero-order chi connectivity index (χ0) is 14.1. The van der Waals surface area contributed by atoms with Crippen molar-refractivity contribution in [3.63, 3.8) is 0 Å². The Morgan fingerprint density at radius 3 is 2.80 bits per heavy atom. The van der Waals surface area contributed by atoms with Crippen LogP contribution in [0.2, 0.25) is 0 Å². The van der Waals surface area contributed by atoms with Crippen LogP contribution in [0.5, 0.6) is 5.88 Å². The molecule has 3 rings (SSSR count). The SMILES string of the molecule is COc1ccc(C(=O)N2[C@@H](C)C[C@@H]3CCCC[C@@H]32)nn1. The lowest BCUT2D eigenvalue weighted by molar-refractivity contribution is 0.0626. The van der Waals surface area contributed by atoms with E-state index in [2.05, 4.69) is 17.1 Å². The molecular formula is C15H21N3O2. The van der Waals surface area contributed by atoms with Gasteiger partial charge in [-0.15, -0.1) is 10.2 Å². The number of aromatic nitrogens is 2. The first-order valence-electron chi connectivity index (χ1n) is 7.41. The van der Waals surface area contributed by atoms with E-state index < -0.39 is 0 Å². The van der Waals surface area contributed by atoms with Gasteiger partial charge in [0.1, 0.15) is 0 Å². The van der Waals surface area contributed by atoms with Crippen molar-refractivity contribution >= 4 is 5.91 Å². The number of likely N-dealkylation sites (tertiary alicyclic amines) is 1. The molecule has 0 radical (unpaired) electrons. The standard InChI is InChI=1S/C15H21N3O2/c1-10-9-11-5-3-4-6-13(11)18(10)15(19)12-7-8-14(20-2)17-16-12/h7-8,10-11,13H,3-6,9H2,1-2H3/t10-,11-,13-/m0/s1. The van der Waals surface area contributed by atoms with Gasteiger partial charge in [0, 0.05) is 18.2 Å². The molecule has 1 aliphatic heterocycles. The molecule has 3 atom stereocenters. The maximum atomic E-state index is 12.7. The van der Waals surface area contributed by atoms with Crippen molar-refractivity contribution in [2.24, 2.45) is 5.92 Å². The molecule has 5 nitrogen and oxygen atoms in total. The van der Waals surface area contributed by atoms with Gasteiger partial charge in [0.05, 0.1) is 7.11 Å². The molecule has 1 saturated carbocycles. The molecule has 0 bridgehead atoms. The van der Waals surface area contributed by atoms with Gasteiger partial charge in [0.2, 0.25) is 5.88 Å². The van der Waals surface area contributed by atoms with Crippen molar-refractivity contribution in [3.8, 4) is 5.88 Å². The molecule has 0 unspecified atom stereocenters. The lowest BCUT2D eigenvalue weighted by atomic mass is 9.85. The quantitative estimate of drug-likeness (QED) is 0.831. The van der Waals surface area contributed by atoms with E-state index >= 15 is 0 Å². The number of hydrogen-bond donors (Lipinski definition) is 0. The zero-order valence-electron chi connectivity index (χ0n) is 12.1. The first-order valence-corrected chi connectivity index (χ1v) is 7.41. The highest BCUT2D eigenvalue weighted by Crippen LogP contribution is 2.40. The number of carbonyl (C=O) groups is 1. The Kier molecular flexibility index (Phi) is 3.59. The minimum Gasteiger partial charge on any atom is -0.480 e. The van der Waals surface area contributed by atoms with E-state index in [0.29, 0.717) is 29.6 Å². The Morgan fingerprint density at radius 2 is 2.10 bits per heavy atom. The van der Waals surface area contributed by atoms with Crippen molar-refractivity contribution < 1.29 is 9.53 Å². The predicted octanol–water partition coefficient (Wildman–Crippen LogP) is 2.28. The molecule has 1 saturated heterocycles. The van der Waals surface area contributed by atoms with E-state index in [1.807, 2.05) is 4.90 Å². The van der Waals surface area contributed by atoms with Gasteiger partial charge in [-0.25, -0.2) is 0 Å². The summed E-state index contributed by atoms with van der Waals surface area (Å²) in [4.78, 5) is 14.7. The maximum Gasteiger partial charge on any atom is 0.274 e. The summed E-state index contributed by atoms with van der Waals surface area (Å²) < 4.78 is 4.98. The van der Waals surface area contributed by atoms with Crippen LogP contribution in [-0.4, -0.2) is 40.2 Å². The van der Waals surface area contributed by atoms with Crippen LogP contribution in [-0.2, 0) is 0 Å². The maximum absolute atomic E-state index is 12.7. The minimum atomic E-state index is 0.0158. The van der Waals surface area contributed by atoms with Crippen LogP contribution in [0.3, 0.4) is 0 Å². The summed E-state index contributed by atoms with van der Waals surface area (Å²) in [7, 11) is 1.54. The monoisotopic (exact) mass is 275 g/mol. The molecule has 2 aliphatic rings. The number of nitrogens with zero attached hydrogens (tertiary/aromatic N) is 3. The van der Waals surface area contributed by atoms with Gasteiger partial charge in [-0.1, -0.05) is 12.8 Å². The van der Waals surface area contributed by atoms with Gasteiger partial charge in [0.15, 0.2) is 5.69 Å². The average Bonchev–Trinajstić information content (AvgIpc) is 2.82. The van der Waals surface area contributed by atoms with Gasteiger partial charge in [-0.3, -0.25) is 4.79 Å². The molecule has 2 fully saturated rings. The van der Waals surface area contributed by atoms with Gasteiger partial charge < -0.3 is 9.64 Å². The number of carbonyl (C=O) groups excluding carboxylic acids is 1. The average molecular weight is 275 g/mol. The Morgan fingerprint density at radius 1 is 1.30 bits per heavy atom. The molecule has 108 valence electrons. The smallest absolute Gasteiger partial charge is 0.274 e. The molecule has 1 aromatic rings. The van der Waals surface area contributed by atoms with Gasteiger partial charge in [-0.05, 0) is 38.2 Å². The summed E-state index contributed by atoms with van der Waals surface area (Å²) in [6.45, 7) is 2.15. The van der Waals surface area contributed by atoms with Gasteiger partial charge >= 0.3 is 0 Å². The summed E-state index contributed by atoms with van der Waals surface area (Å²) in [6.07, 6.45) is 6.04. The van der Waals surface area contributed by atoms with E-state index in [-0.39, 0.29) is 5.91 Å². The van der Waals surface area contributed by atoms with Crippen molar-refractivity contribution in [3.05, 3.63) is 17.8 Å². The molecule has 20 heavy (non-hydrogen) atoms. The molecule has 5 heteroatoms. The summed E-state index contributed by atoms with van der Waals surface area (Å²) >= 11 is 0. The van der Waals surface area contributed by atoms with E-state index in [9.17, 15) is 4.79 Å². The number of rotatable bonds is 2. The highest BCUT2D eigenvalue weighted by molar-refractivity contribution is 5.92. The summed E-state index contributed by atoms with van der Waals surface area (Å²) in [6, 6.07) is 4.10. The highest BCUT2D eigenvalue weighted by Gasteiger charge is 2.43. The van der Waals surface area contributed by atoms with E-state index in [0.717, 1.165) is 12.8 Å². The fourth-order valence-electron chi connectivity index (χ4n) is 3.73. The van der Waals surface area contributed by atoms with E-state index in [1.54, 1.807) is 19.2 Å². The van der Waals surface area contributed by atoms with Crippen LogP contribution in [0, 0.1) is 5.92 Å². The number of amides is 1. The van der Waals surface area contributed by atoms with Crippen LogP contribution in [0.15, 0.2) is 12.1 Å². The minimum absolute atomic E-state index is 0.0158. The van der Waals surface area contributed by atoms with Crippen molar-refractivity contribution in [1.29, 1.82) is 0 Å². The largest absolute Gasteiger partial charge is 0.480 e. The third-order valence-electron chi connectivity index (χ3n) is 4.65. The molecule has 0 spiro atoms. The Bertz CT molecular complexity index is 488. The highest BCUT2D eigenvalue weighted by atomic mass is 16.5.